The molecule has 5 heteroatoms. The lowest BCUT2D eigenvalue weighted by Crippen LogP contribution is -2.14. The summed E-state index contributed by atoms with van der Waals surface area (Å²) >= 11 is 3.43. The number of nitrogens with zero attached hydrogens (tertiary/aromatic N) is 1. The van der Waals surface area contributed by atoms with Gasteiger partial charge < -0.3 is 14.6 Å². The van der Waals surface area contributed by atoms with Crippen LogP contribution in [0, 0.1) is 13.8 Å². The van der Waals surface area contributed by atoms with E-state index in [4.69, 9.17) is 4.42 Å². The SMILES string of the molecule is Cc1oc(C)c(C(=O)Nc2ccc(N3CCc4ccccc43)cc2)c1Br. The minimum atomic E-state index is -0.175. The normalized spacial score (nSPS) is 13.0. The molecule has 1 amide bonds. The van der Waals surface area contributed by atoms with Crippen molar-refractivity contribution in [3.63, 3.8) is 0 Å². The lowest BCUT2D eigenvalue weighted by atomic mass is 10.2. The Hall–Kier alpha value is -2.53. The van der Waals surface area contributed by atoms with Gasteiger partial charge in [0.25, 0.3) is 5.91 Å². The first kappa shape index (κ1) is 16.9. The standard InChI is InChI=1S/C21H19BrN2O2/c1-13-19(20(22)14(2)26-13)21(25)23-16-7-9-17(10-8-16)24-12-11-15-5-3-4-6-18(15)24/h3-10H,11-12H2,1-2H3,(H,23,25). The van der Waals surface area contributed by atoms with Crippen molar-refractivity contribution >= 4 is 38.9 Å². The molecule has 0 atom stereocenters. The van der Waals surface area contributed by atoms with Crippen LogP contribution in [0.25, 0.3) is 0 Å². The summed E-state index contributed by atoms with van der Waals surface area (Å²) in [7, 11) is 0. The molecule has 2 heterocycles. The minimum absolute atomic E-state index is 0.175. The number of halogens is 1. The van der Waals surface area contributed by atoms with Gasteiger partial charge >= 0.3 is 0 Å². The molecule has 0 aliphatic carbocycles. The molecule has 26 heavy (non-hydrogen) atoms. The van der Waals surface area contributed by atoms with Crippen LogP contribution in [0.1, 0.15) is 27.4 Å². The van der Waals surface area contributed by atoms with Crippen molar-refractivity contribution in [2.75, 3.05) is 16.8 Å². The van der Waals surface area contributed by atoms with Crippen LogP contribution < -0.4 is 10.2 Å². The van der Waals surface area contributed by atoms with E-state index in [2.05, 4.69) is 50.4 Å². The molecule has 3 aromatic rings. The maximum Gasteiger partial charge on any atom is 0.260 e. The summed E-state index contributed by atoms with van der Waals surface area (Å²) in [4.78, 5) is 14.9. The molecule has 132 valence electrons. The van der Waals surface area contributed by atoms with Crippen LogP contribution in [0.4, 0.5) is 17.1 Å². The molecule has 1 aliphatic rings. The van der Waals surface area contributed by atoms with Crippen molar-refractivity contribution in [2.45, 2.75) is 20.3 Å². The third-order valence-electron chi connectivity index (χ3n) is 4.74. The predicted octanol–water partition coefficient (Wildman–Crippen LogP) is 5.61. The quantitative estimate of drug-likeness (QED) is 0.610. The number of carbonyl (C=O) groups is 1. The zero-order chi connectivity index (χ0) is 18.3. The zero-order valence-corrected chi connectivity index (χ0v) is 16.3. The summed E-state index contributed by atoms with van der Waals surface area (Å²) in [5, 5.41) is 2.94. The third-order valence-corrected chi connectivity index (χ3v) is 5.69. The van der Waals surface area contributed by atoms with Crippen molar-refractivity contribution in [3.05, 3.63) is 75.7 Å². The number of hydrogen-bond donors (Lipinski definition) is 1. The smallest absolute Gasteiger partial charge is 0.260 e. The number of nitrogens with one attached hydrogen (secondary N) is 1. The second-order valence-corrected chi connectivity index (χ2v) is 7.23. The Bertz CT molecular complexity index is 976. The van der Waals surface area contributed by atoms with E-state index in [-0.39, 0.29) is 5.91 Å². The molecule has 0 unspecified atom stereocenters. The van der Waals surface area contributed by atoms with Crippen molar-refractivity contribution in [3.8, 4) is 0 Å². The summed E-state index contributed by atoms with van der Waals surface area (Å²) in [6, 6.07) is 16.4. The molecule has 4 nitrogen and oxygen atoms in total. The number of aryl methyl sites for hydroxylation is 2. The van der Waals surface area contributed by atoms with E-state index in [0.717, 1.165) is 24.3 Å². The second kappa shape index (κ2) is 6.65. The van der Waals surface area contributed by atoms with Gasteiger partial charge in [-0.3, -0.25) is 4.79 Å². The highest BCUT2D eigenvalue weighted by Crippen LogP contribution is 2.35. The van der Waals surface area contributed by atoms with Crippen LogP contribution in [0.15, 0.2) is 57.4 Å². The monoisotopic (exact) mass is 410 g/mol. The predicted molar refractivity (Wildman–Crippen MR) is 107 cm³/mol. The highest BCUT2D eigenvalue weighted by Gasteiger charge is 2.21. The number of furan rings is 1. The first-order chi connectivity index (χ1) is 12.5. The maximum absolute atomic E-state index is 12.6. The average molecular weight is 411 g/mol. The highest BCUT2D eigenvalue weighted by atomic mass is 79.9. The summed E-state index contributed by atoms with van der Waals surface area (Å²) in [6.45, 7) is 4.60. The van der Waals surface area contributed by atoms with E-state index in [9.17, 15) is 4.79 Å². The van der Waals surface area contributed by atoms with Gasteiger partial charge in [0.05, 0.1) is 10.0 Å². The Morgan fingerprint density at radius 1 is 1.08 bits per heavy atom. The van der Waals surface area contributed by atoms with Gasteiger partial charge in [-0.2, -0.15) is 0 Å². The number of rotatable bonds is 3. The van der Waals surface area contributed by atoms with Gasteiger partial charge in [-0.05, 0) is 72.1 Å². The fourth-order valence-electron chi connectivity index (χ4n) is 3.44. The lowest BCUT2D eigenvalue weighted by molar-refractivity contribution is 0.102. The fourth-order valence-corrected chi connectivity index (χ4v) is 3.98. The summed E-state index contributed by atoms with van der Waals surface area (Å²) in [5.74, 6) is 1.14. The van der Waals surface area contributed by atoms with Crippen LogP contribution in [0.5, 0.6) is 0 Å². The number of fused-ring (bicyclic) bond motifs is 1. The minimum Gasteiger partial charge on any atom is -0.465 e. The molecule has 1 N–H and O–H groups in total. The van der Waals surface area contributed by atoms with Crippen LogP contribution >= 0.6 is 15.9 Å². The third kappa shape index (κ3) is 2.92. The number of carbonyl (C=O) groups excluding carboxylic acids is 1. The van der Waals surface area contributed by atoms with Gasteiger partial charge in [-0.15, -0.1) is 0 Å². The molecule has 1 aromatic heterocycles. The van der Waals surface area contributed by atoms with E-state index < -0.39 is 0 Å². The van der Waals surface area contributed by atoms with Gasteiger partial charge in [0.15, 0.2) is 0 Å². The molecule has 2 aromatic carbocycles. The van der Waals surface area contributed by atoms with Gasteiger partial charge in [0.1, 0.15) is 11.5 Å². The molecule has 0 radical (unpaired) electrons. The summed E-state index contributed by atoms with van der Waals surface area (Å²) < 4.78 is 6.22. The van der Waals surface area contributed by atoms with Crippen LogP contribution in [0.2, 0.25) is 0 Å². The maximum atomic E-state index is 12.6. The van der Waals surface area contributed by atoms with Crippen molar-refractivity contribution < 1.29 is 9.21 Å². The van der Waals surface area contributed by atoms with Crippen molar-refractivity contribution in [2.24, 2.45) is 0 Å². The van der Waals surface area contributed by atoms with Crippen LogP contribution in [-0.2, 0) is 6.42 Å². The lowest BCUT2D eigenvalue weighted by Gasteiger charge is -2.20. The first-order valence-corrected chi connectivity index (χ1v) is 9.36. The second-order valence-electron chi connectivity index (χ2n) is 6.43. The molecule has 0 bridgehead atoms. The Balaban J connectivity index is 1.53. The molecule has 0 fully saturated rings. The number of anilines is 3. The summed E-state index contributed by atoms with van der Waals surface area (Å²) in [5.41, 5.74) is 5.07. The average Bonchev–Trinajstić information content (AvgIpc) is 3.16. The summed E-state index contributed by atoms with van der Waals surface area (Å²) in [6.07, 6.45) is 1.06. The van der Waals surface area contributed by atoms with Gasteiger partial charge in [0, 0.05) is 23.6 Å². The molecule has 0 saturated heterocycles. The Kier molecular flexibility index (Phi) is 4.32. The first-order valence-electron chi connectivity index (χ1n) is 8.57. The number of amides is 1. The molecular formula is C21H19BrN2O2. The van der Waals surface area contributed by atoms with E-state index in [1.165, 1.54) is 11.3 Å². The molecule has 0 spiro atoms. The van der Waals surface area contributed by atoms with Gasteiger partial charge in [0.2, 0.25) is 0 Å². The van der Waals surface area contributed by atoms with Gasteiger partial charge in [-0.25, -0.2) is 0 Å². The van der Waals surface area contributed by atoms with E-state index in [1.807, 2.05) is 31.2 Å². The number of benzene rings is 2. The number of hydrogen-bond acceptors (Lipinski definition) is 3. The van der Waals surface area contributed by atoms with E-state index in [0.29, 0.717) is 21.6 Å². The highest BCUT2D eigenvalue weighted by molar-refractivity contribution is 9.10. The largest absolute Gasteiger partial charge is 0.465 e. The van der Waals surface area contributed by atoms with Crippen LogP contribution in [0.3, 0.4) is 0 Å². The van der Waals surface area contributed by atoms with E-state index in [1.54, 1.807) is 6.92 Å². The van der Waals surface area contributed by atoms with Crippen molar-refractivity contribution in [1.29, 1.82) is 0 Å². The van der Waals surface area contributed by atoms with E-state index >= 15 is 0 Å². The fraction of sp³-hybridized carbons (Fsp3) is 0.190. The molecular weight excluding hydrogens is 392 g/mol. The van der Waals surface area contributed by atoms with Crippen LogP contribution in [-0.4, -0.2) is 12.5 Å². The molecule has 1 aliphatic heterocycles. The molecule has 0 saturated carbocycles. The zero-order valence-electron chi connectivity index (χ0n) is 14.7. The molecule has 4 rings (SSSR count). The number of para-hydroxylation sites is 1. The Morgan fingerprint density at radius 2 is 1.81 bits per heavy atom. The Labute approximate surface area is 160 Å². The van der Waals surface area contributed by atoms with Gasteiger partial charge in [-0.1, -0.05) is 18.2 Å². The topological polar surface area (TPSA) is 45.5 Å². The Morgan fingerprint density at radius 3 is 2.50 bits per heavy atom. The van der Waals surface area contributed by atoms with Crippen molar-refractivity contribution in [1.82, 2.24) is 0 Å².